The number of rotatable bonds is 6. The summed E-state index contributed by atoms with van der Waals surface area (Å²) >= 11 is 5.27. The molecule has 0 saturated carbocycles. The van der Waals surface area contributed by atoms with Gasteiger partial charge in [0, 0.05) is 17.7 Å². The van der Waals surface area contributed by atoms with Crippen molar-refractivity contribution < 1.29 is 13.9 Å². The number of oxazole rings is 1. The van der Waals surface area contributed by atoms with Crippen molar-refractivity contribution in [2.45, 2.75) is 26.5 Å². The number of fused-ring (bicyclic) bond motifs is 1. The van der Waals surface area contributed by atoms with Gasteiger partial charge in [-0.2, -0.15) is 0 Å². The minimum absolute atomic E-state index is 0.0325. The summed E-state index contributed by atoms with van der Waals surface area (Å²) in [7, 11) is 0. The Hall–Kier alpha value is -3.71. The number of hydrogen-bond donors (Lipinski definition) is 2. The second-order valence-electron chi connectivity index (χ2n) is 7.51. The molecule has 0 unspecified atom stereocenters. The van der Waals surface area contributed by atoms with Gasteiger partial charge in [-0.15, -0.1) is 0 Å². The number of nitrogens with zero attached hydrogens (tertiary/aromatic N) is 1. The zero-order chi connectivity index (χ0) is 22.5. The minimum atomic E-state index is -0.289. The Morgan fingerprint density at radius 1 is 1.06 bits per heavy atom. The highest BCUT2D eigenvalue weighted by Gasteiger charge is 2.10. The third kappa shape index (κ3) is 5.31. The second kappa shape index (κ2) is 9.62. The standard InChI is InChI=1S/C25H23N3O3S/c1-16(2)30-20-7-5-6-19(14-20)23(29)28-25(32)26-15-17-10-12-18(13-11-17)24-27-21-8-3-4-9-22(21)31-24/h3-14,16H,15H2,1-2H3,(H2,26,28,29,32). The second-order valence-corrected chi connectivity index (χ2v) is 7.92. The average Bonchev–Trinajstić information content (AvgIpc) is 3.22. The molecule has 3 aromatic carbocycles. The molecule has 4 rings (SSSR count). The summed E-state index contributed by atoms with van der Waals surface area (Å²) in [6.07, 6.45) is 0.0325. The number of hydrogen-bond acceptors (Lipinski definition) is 5. The van der Waals surface area contributed by atoms with Crippen LogP contribution in [0.1, 0.15) is 29.8 Å². The van der Waals surface area contributed by atoms with Crippen LogP contribution in [0.3, 0.4) is 0 Å². The average molecular weight is 446 g/mol. The molecular weight excluding hydrogens is 422 g/mol. The highest BCUT2D eigenvalue weighted by molar-refractivity contribution is 7.80. The maximum absolute atomic E-state index is 12.5. The minimum Gasteiger partial charge on any atom is -0.491 e. The van der Waals surface area contributed by atoms with Crippen LogP contribution in [0.4, 0.5) is 0 Å². The van der Waals surface area contributed by atoms with Crippen molar-refractivity contribution in [3.63, 3.8) is 0 Å². The summed E-state index contributed by atoms with van der Waals surface area (Å²) in [4.78, 5) is 17.0. The van der Waals surface area contributed by atoms with Gasteiger partial charge in [0.15, 0.2) is 10.7 Å². The zero-order valence-corrected chi connectivity index (χ0v) is 18.6. The van der Waals surface area contributed by atoms with Crippen LogP contribution >= 0.6 is 12.2 Å². The highest BCUT2D eigenvalue weighted by Crippen LogP contribution is 2.24. The van der Waals surface area contributed by atoms with Gasteiger partial charge < -0.3 is 14.5 Å². The van der Waals surface area contributed by atoms with E-state index in [0.717, 1.165) is 22.2 Å². The van der Waals surface area contributed by atoms with Gasteiger partial charge in [0.2, 0.25) is 5.89 Å². The maximum Gasteiger partial charge on any atom is 0.257 e. The fourth-order valence-electron chi connectivity index (χ4n) is 3.15. The SMILES string of the molecule is CC(C)Oc1cccc(C(=O)NC(=S)NCc2ccc(-c3nc4ccccc4o3)cc2)c1. The predicted molar refractivity (Wildman–Crippen MR) is 129 cm³/mol. The summed E-state index contributed by atoms with van der Waals surface area (Å²) in [6, 6.07) is 22.5. The van der Waals surface area contributed by atoms with E-state index in [-0.39, 0.29) is 17.1 Å². The van der Waals surface area contributed by atoms with Crippen LogP contribution in [0.5, 0.6) is 5.75 Å². The molecule has 4 aromatic rings. The first-order valence-electron chi connectivity index (χ1n) is 10.3. The molecule has 6 nitrogen and oxygen atoms in total. The van der Waals surface area contributed by atoms with Crippen LogP contribution in [-0.2, 0) is 6.54 Å². The van der Waals surface area contributed by atoms with Crippen LogP contribution in [0.2, 0.25) is 0 Å². The van der Waals surface area contributed by atoms with Gasteiger partial charge in [0.25, 0.3) is 5.91 Å². The van der Waals surface area contributed by atoms with Gasteiger partial charge >= 0.3 is 0 Å². The number of nitrogens with one attached hydrogen (secondary N) is 2. The number of aromatic nitrogens is 1. The summed E-state index contributed by atoms with van der Waals surface area (Å²) in [5.74, 6) is 0.936. The Kier molecular flexibility index (Phi) is 6.47. The lowest BCUT2D eigenvalue weighted by atomic mass is 10.1. The molecule has 1 amide bonds. The van der Waals surface area contributed by atoms with Crippen LogP contribution in [-0.4, -0.2) is 22.1 Å². The summed E-state index contributed by atoms with van der Waals surface area (Å²) in [5, 5.41) is 6.01. The normalized spacial score (nSPS) is 10.8. The predicted octanol–water partition coefficient (Wildman–Crippen LogP) is 5.09. The van der Waals surface area contributed by atoms with E-state index in [1.807, 2.05) is 68.4 Å². The first-order valence-corrected chi connectivity index (χ1v) is 10.7. The van der Waals surface area contributed by atoms with E-state index in [4.69, 9.17) is 21.4 Å². The molecule has 7 heteroatoms. The van der Waals surface area contributed by atoms with Gasteiger partial charge in [0.1, 0.15) is 11.3 Å². The molecule has 162 valence electrons. The molecule has 0 aliphatic rings. The monoisotopic (exact) mass is 445 g/mol. The lowest BCUT2D eigenvalue weighted by Crippen LogP contribution is -2.38. The van der Waals surface area contributed by atoms with Crippen LogP contribution in [0.15, 0.2) is 77.2 Å². The molecule has 0 fully saturated rings. The summed E-state index contributed by atoms with van der Waals surface area (Å²) in [5.41, 5.74) is 3.97. The van der Waals surface area contributed by atoms with E-state index in [0.29, 0.717) is 23.7 Å². The lowest BCUT2D eigenvalue weighted by molar-refractivity contribution is 0.0976. The summed E-state index contributed by atoms with van der Waals surface area (Å²) < 4.78 is 11.4. The molecule has 0 atom stereocenters. The molecule has 0 aliphatic heterocycles. The first-order chi connectivity index (χ1) is 15.5. The van der Waals surface area contributed by atoms with Crippen LogP contribution in [0.25, 0.3) is 22.6 Å². The fraction of sp³-hybridized carbons (Fsp3) is 0.160. The molecule has 1 aromatic heterocycles. The summed E-state index contributed by atoms with van der Waals surface area (Å²) in [6.45, 7) is 4.35. The van der Waals surface area contributed by atoms with E-state index in [9.17, 15) is 4.79 Å². The van der Waals surface area contributed by atoms with Crippen molar-refractivity contribution in [3.05, 3.63) is 83.9 Å². The van der Waals surface area contributed by atoms with Gasteiger partial charge in [-0.25, -0.2) is 4.98 Å². The quantitative estimate of drug-likeness (QED) is 0.403. The fourth-order valence-corrected chi connectivity index (χ4v) is 3.31. The van der Waals surface area contributed by atoms with Gasteiger partial charge in [-0.05, 0) is 74.1 Å². The van der Waals surface area contributed by atoms with Crippen molar-refractivity contribution >= 4 is 34.3 Å². The third-order valence-electron chi connectivity index (χ3n) is 4.64. The molecule has 0 spiro atoms. The number of benzene rings is 3. The molecule has 0 radical (unpaired) electrons. The molecule has 1 heterocycles. The van der Waals surface area contributed by atoms with E-state index in [1.165, 1.54) is 0 Å². The molecule has 0 aliphatic carbocycles. The Labute approximate surface area is 191 Å². The first kappa shape index (κ1) is 21.5. The van der Waals surface area contributed by atoms with E-state index < -0.39 is 0 Å². The lowest BCUT2D eigenvalue weighted by Gasteiger charge is -2.12. The number of amides is 1. The van der Waals surface area contributed by atoms with Crippen molar-refractivity contribution in [1.29, 1.82) is 0 Å². The Balaban J connectivity index is 1.32. The topological polar surface area (TPSA) is 76.4 Å². The third-order valence-corrected chi connectivity index (χ3v) is 4.89. The number of ether oxygens (including phenoxy) is 1. The zero-order valence-electron chi connectivity index (χ0n) is 17.8. The van der Waals surface area contributed by atoms with Gasteiger partial charge in [0.05, 0.1) is 6.10 Å². The van der Waals surface area contributed by atoms with Crippen molar-refractivity contribution in [2.24, 2.45) is 0 Å². The molecular formula is C25H23N3O3S. The number of thiocarbonyl (C=S) groups is 1. The molecule has 2 N–H and O–H groups in total. The van der Waals surface area contributed by atoms with E-state index in [2.05, 4.69) is 15.6 Å². The van der Waals surface area contributed by atoms with Crippen LogP contribution in [0, 0.1) is 0 Å². The maximum atomic E-state index is 12.5. The van der Waals surface area contributed by atoms with Gasteiger partial charge in [-0.1, -0.05) is 30.3 Å². The Morgan fingerprint density at radius 3 is 2.59 bits per heavy atom. The number of carbonyl (C=O) groups excluding carboxylic acids is 1. The smallest absolute Gasteiger partial charge is 0.257 e. The number of carbonyl (C=O) groups is 1. The largest absolute Gasteiger partial charge is 0.491 e. The van der Waals surface area contributed by atoms with Crippen LogP contribution < -0.4 is 15.4 Å². The van der Waals surface area contributed by atoms with E-state index in [1.54, 1.807) is 18.2 Å². The van der Waals surface area contributed by atoms with Gasteiger partial charge in [-0.3, -0.25) is 10.1 Å². The van der Waals surface area contributed by atoms with Crippen molar-refractivity contribution in [3.8, 4) is 17.2 Å². The molecule has 0 saturated heterocycles. The Bertz CT molecular complexity index is 1220. The van der Waals surface area contributed by atoms with Crippen molar-refractivity contribution in [1.82, 2.24) is 15.6 Å². The highest BCUT2D eigenvalue weighted by atomic mass is 32.1. The van der Waals surface area contributed by atoms with Crippen molar-refractivity contribution in [2.75, 3.05) is 0 Å². The van der Waals surface area contributed by atoms with E-state index >= 15 is 0 Å². The number of para-hydroxylation sites is 2. The Morgan fingerprint density at radius 2 is 1.84 bits per heavy atom. The molecule has 32 heavy (non-hydrogen) atoms. The molecule has 0 bridgehead atoms.